The number of hydrogen-bond acceptors (Lipinski definition) is 3. The highest BCUT2D eigenvalue weighted by molar-refractivity contribution is 5.93. The number of anilines is 1. The molecule has 0 spiro atoms. The van der Waals surface area contributed by atoms with Crippen LogP contribution in [0.15, 0.2) is 0 Å². The highest BCUT2D eigenvalue weighted by Crippen LogP contribution is 2.34. The van der Waals surface area contributed by atoms with E-state index in [-0.39, 0.29) is 29.3 Å². The SMILES string of the molecule is Cc1c(C(F)(F)F)nn(C)c1NC(=O)[C@H]1CCCO[C@H]1C. The molecular weight excluding hydrogens is 287 g/mol. The predicted molar refractivity (Wildman–Crippen MR) is 69.7 cm³/mol. The van der Waals surface area contributed by atoms with Crippen molar-refractivity contribution in [3.05, 3.63) is 11.3 Å². The zero-order valence-electron chi connectivity index (χ0n) is 12.1. The maximum absolute atomic E-state index is 12.8. The number of hydrogen-bond donors (Lipinski definition) is 1. The zero-order valence-corrected chi connectivity index (χ0v) is 12.1. The largest absolute Gasteiger partial charge is 0.435 e. The molecule has 5 nitrogen and oxygen atoms in total. The maximum atomic E-state index is 12.8. The number of carbonyl (C=O) groups is 1. The molecule has 1 aromatic heterocycles. The van der Waals surface area contributed by atoms with Gasteiger partial charge in [-0.1, -0.05) is 0 Å². The minimum Gasteiger partial charge on any atom is -0.378 e. The molecule has 0 unspecified atom stereocenters. The molecule has 1 aliphatic heterocycles. The van der Waals surface area contributed by atoms with Gasteiger partial charge in [0.15, 0.2) is 5.69 Å². The van der Waals surface area contributed by atoms with Crippen LogP contribution in [0.25, 0.3) is 0 Å². The number of nitrogens with one attached hydrogen (secondary N) is 1. The Labute approximate surface area is 120 Å². The van der Waals surface area contributed by atoms with Crippen molar-refractivity contribution in [1.82, 2.24) is 9.78 Å². The summed E-state index contributed by atoms with van der Waals surface area (Å²) in [6.45, 7) is 3.70. The number of alkyl halides is 3. The van der Waals surface area contributed by atoms with Gasteiger partial charge in [0.2, 0.25) is 5.91 Å². The lowest BCUT2D eigenvalue weighted by Crippen LogP contribution is -2.36. The molecule has 2 heterocycles. The van der Waals surface area contributed by atoms with Crippen LogP contribution in [-0.2, 0) is 22.8 Å². The summed E-state index contributed by atoms with van der Waals surface area (Å²) in [5, 5.41) is 6.00. The second-order valence-electron chi connectivity index (χ2n) is 5.26. The van der Waals surface area contributed by atoms with E-state index >= 15 is 0 Å². The molecule has 0 radical (unpaired) electrons. The molecule has 8 heteroatoms. The minimum atomic E-state index is -4.54. The summed E-state index contributed by atoms with van der Waals surface area (Å²) in [5.74, 6) is -0.616. The summed E-state index contributed by atoms with van der Waals surface area (Å²) < 4.78 is 44.8. The Hall–Kier alpha value is -1.57. The maximum Gasteiger partial charge on any atom is 0.435 e. The fourth-order valence-electron chi connectivity index (χ4n) is 2.55. The summed E-state index contributed by atoms with van der Waals surface area (Å²) in [7, 11) is 1.37. The third kappa shape index (κ3) is 3.20. The molecule has 2 rings (SSSR count). The lowest BCUT2D eigenvalue weighted by molar-refractivity contribution is -0.142. The molecule has 0 bridgehead atoms. The summed E-state index contributed by atoms with van der Waals surface area (Å²) in [6.07, 6.45) is -3.35. The normalized spacial score (nSPS) is 23.1. The number of ether oxygens (including phenoxy) is 1. The fraction of sp³-hybridized carbons (Fsp3) is 0.692. The van der Waals surface area contributed by atoms with Crippen molar-refractivity contribution in [2.45, 2.75) is 39.0 Å². The molecule has 21 heavy (non-hydrogen) atoms. The van der Waals surface area contributed by atoms with Crippen LogP contribution in [0, 0.1) is 12.8 Å². The fourth-order valence-corrected chi connectivity index (χ4v) is 2.55. The molecule has 1 aliphatic rings. The van der Waals surface area contributed by atoms with Crippen molar-refractivity contribution in [2.24, 2.45) is 13.0 Å². The molecule has 1 N–H and O–H groups in total. The van der Waals surface area contributed by atoms with E-state index in [2.05, 4.69) is 10.4 Å². The number of carbonyl (C=O) groups excluding carboxylic acids is 1. The van der Waals surface area contributed by atoms with Gasteiger partial charge in [-0.2, -0.15) is 18.3 Å². The first-order valence-corrected chi connectivity index (χ1v) is 6.75. The molecule has 1 fully saturated rings. The monoisotopic (exact) mass is 305 g/mol. The zero-order chi connectivity index (χ0) is 15.8. The van der Waals surface area contributed by atoms with Gasteiger partial charge in [-0.3, -0.25) is 9.48 Å². The minimum absolute atomic E-state index is 0.0742. The Morgan fingerprint density at radius 1 is 1.48 bits per heavy atom. The number of rotatable bonds is 2. The van der Waals surface area contributed by atoms with E-state index < -0.39 is 11.9 Å². The van der Waals surface area contributed by atoms with Gasteiger partial charge in [-0.15, -0.1) is 0 Å². The first-order valence-electron chi connectivity index (χ1n) is 6.75. The van der Waals surface area contributed by atoms with Crippen LogP contribution >= 0.6 is 0 Å². The smallest absolute Gasteiger partial charge is 0.378 e. The molecule has 1 amide bonds. The Morgan fingerprint density at radius 2 is 2.14 bits per heavy atom. The molecule has 1 aromatic rings. The van der Waals surface area contributed by atoms with Crippen LogP contribution < -0.4 is 5.32 Å². The summed E-state index contributed by atoms with van der Waals surface area (Å²) in [5.41, 5.74) is -1.06. The number of aryl methyl sites for hydroxylation is 1. The Morgan fingerprint density at radius 3 is 2.67 bits per heavy atom. The second kappa shape index (κ2) is 5.67. The molecular formula is C13H18F3N3O2. The van der Waals surface area contributed by atoms with Crippen LogP contribution in [0.4, 0.5) is 19.0 Å². The highest BCUT2D eigenvalue weighted by Gasteiger charge is 2.38. The first kappa shape index (κ1) is 15.8. The van der Waals surface area contributed by atoms with Gasteiger partial charge in [0.05, 0.1) is 12.0 Å². The molecule has 1 saturated heterocycles. The number of nitrogens with zero attached hydrogens (tertiary/aromatic N) is 2. The number of aromatic nitrogens is 2. The second-order valence-corrected chi connectivity index (χ2v) is 5.26. The molecule has 118 valence electrons. The molecule has 0 aliphatic carbocycles. The molecule has 2 atom stereocenters. The van der Waals surface area contributed by atoms with Crippen molar-refractivity contribution in [3.8, 4) is 0 Å². The van der Waals surface area contributed by atoms with Gasteiger partial charge in [-0.05, 0) is 26.7 Å². The van der Waals surface area contributed by atoms with Crippen molar-refractivity contribution < 1.29 is 22.7 Å². The third-order valence-corrected chi connectivity index (χ3v) is 3.74. The van der Waals surface area contributed by atoms with E-state index in [4.69, 9.17) is 4.74 Å². The van der Waals surface area contributed by atoms with Crippen molar-refractivity contribution in [1.29, 1.82) is 0 Å². The lowest BCUT2D eigenvalue weighted by Gasteiger charge is -2.28. The third-order valence-electron chi connectivity index (χ3n) is 3.74. The van der Waals surface area contributed by atoms with E-state index in [1.807, 2.05) is 0 Å². The lowest BCUT2D eigenvalue weighted by atomic mass is 9.94. The number of amides is 1. The van der Waals surface area contributed by atoms with Crippen LogP contribution in [0.1, 0.15) is 31.0 Å². The van der Waals surface area contributed by atoms with Crippen LogP contribution in [0.5, 0.6) is 0 Å². The first-order chi connectivity index (χ1) is 9.71. The number of halogens is 3. The Kier molecular flexibility index (Phi) is 4.27. The van der Waals surface area contributed by atoms with E-state index in [1.54, 1.807) is 6.92 Å². The van der Waals surface area contributed by atoms with E-state index in [0.29, 0.717) is 13.0 Å². The van der Waals surface area contributed by atoms with Gasteiger partial charge in [0, 0.05) is 19.2 Å². The van der Waals surface area contributed by atoms with Gasteiger partial charge in [0.1, 0.15) is 5.82 Å². The van der Waals surface area contributed by atoms with Gasteiger partial charge in [0.25, 0.3) is 0 Å². The Balaban J connectivity index is 2.20. The van der Waals surface area contributed by atoms with E-state index in [1.165, 1.54) is 14.0 Å². The van der Waals surface area contributed by atoms with E-state index in [0.717, 1.165) is 11.1 Å². The van der Waals surface area contributed by atoms with Gasteiger partial charge in [-0.25, -0.2) is 0 Å². The van der Waals surface area contributed by atoms with Crippen molar-refractivity contribution >= 4 is 11.7 Å². The van der Waals surface area contributed by atoms with Crippen molar-refractivity contribution in [3.63, 3.8) is 0 Å². The van der Waals surface area contributed by atoms with Gasteiger partial charge >= 0.3 is 6.18 Å². The summed E-state index contributed by atoms with van der Waals surface area (Å²) >= 11 is 0. The summed E-state index contributed by atoms with van der Waals surface area (Å²) in [6, 6.07) is 0. The van der Waals surface area contributed by atoms with Crippen LogP contribution in [0.2, 0.25) is 0 Å². The van der Waals surface area contributed by atoms with Crippen LogP contribution in [0.3, 0.4) is 0 Å². The van der Waals surface area contributed by atoms with Crippen LogP contribution in [-0.4, -0.2) is 28.4 Å². The van der Waals surface area contributed by atoms with Gasteiger partial charge < -0.3 is 10.1 Å². The predicted octanol–water partition coefficient (Wildman–Crippen LogP) is 2.50. The topological polar surface area (TPSA) is 56.2 Å². The van der Waals surface area contributed by atoms with E-state index in [9.17, 15) is 18.0 Å². The quantitative estimate of drug-likeness (QED) is 0.913. The standard InChI is InChI=1S/C13H18F3N3O2/c1-7-10(13(14,15)16)18-19(3)11(7)17-12(20)9-5-4-6-21-8(9)2/h8-9H,4-6H2,1-3H3,(H,17,20)/t8-,9-/m0/s1. The highest BCUT2D eigenvalue weighted by atomic mass is 19.4. The Bertz CT molecular complexity index is 539. The molecule has 0 saturated carbocycles. The molecule has 0 aromatic carbocycles. The average Bonchev–Trinajstić information content (AvgIpc) is 2.67. The average molecular weight is 305 g/mol. The van der Waals surface area contributed by atoms with Crippen molar-refractivity contribution in [2.75, 3.05) is 11.9 Å². The summed E-state index contributed by atoms with van der Waals surface area (Å²) in [4.78, 5) is 12.2.